The van der Waals surface area contributed by atoms with Crippen LogP contribution in [0.3, 0.4) is 0 Å². The zero-order valence-corrected chi connectivity index (χ0v) is 10.2. The third-order valence-corrected chi connectivity index (χ3v) is 3.63. The lowest BCUT2D eigenvalue weighted by Gasteiger charge is -2.28. The van der Waals surface area contributed by atoms with Crippen molar-refractivity contribution < 1.29 is 0 Å². The molecule has 1 fully saturated rings. The van der Waals surface area contributed by atoms with Gasteiger partial charge in [-0.2, -0.15) is 5.10 Å². The Morgan fingerprint density at radius 2 is 2.06 bits per heavy atom. The third-order valence-electron chi connectivity index (χ3n) is 3.63. The molecule has 1 saturated carbocycles. The molecule has 0 saturated heterocycles. The number of aromatic nitrogens is 2. The number of nitrogens with one attached hydrogen (secondary N) is 1. The van der Waals surface area contributed by atoms with Crippen LogP contribution >= 0.6 is 0 Å². The second-order valence-corrected chi connectivity index (χ2v) is 4.96. The summed E-state index contributed by atoms with van der Waals surface area (Å²) in [5.74, 6) is 2.56. The van der Waals surface area contributed by atoms with E-state index in [1.165, 1.54) is 25.7 Å². The molecule has 0 spiro atoms. The molecule has 3 heteroatoms. The Morgan fingerprint density at radius 1 is 1.25 bits per heavy atom. The molecule has 1 heterocycles. The molecule has 0 radical (unpaired) electrons. The third kappa shape index (κ3) is 2.94. The maximum atomic E-state index is 4.13. The standard InChI is InChI=1S/C13H21N3/c1-10-5-3-4-6-12(10)9-14-13-8-7-11(2)15-16-13/h7-8,10,12H,3-6,9H2,1-2H3,(H,14,16). The molecule has 2 rings (SSSR count). The largest absolute Gasteiger partial charge is 0.368 e. The van der Waals surface area contributed by atoms with Gasteiger partial charge >= 0.3 is 0 Å². The molecule has 16 heavy (non-hydrogen) atoms. The molecule has 0 aliphatic heterocycles. The van der Waals surface area contributed by atoms with Crippen LogP contribution in [-0.4, -0.2) is 16.7 Å². The molecule has 1 aromatic heterocycles. The highest BCUT2D eigenvalue weighted by Gasteiger charge is 2.20. The Kier molecular flexibility index (Phi) is 3.75. The summed E-state index contributed by atoms with van der Waals surface area (Å²) >= 11 is 0. The van der Waals surface area contributed by atoms with E-state index in [1.54, 1.807) is 0 Å². The van der Waals surface area contributed by atoms with E-state index in [9.17, 15) is 0 Å². The van der Waals surface area contributed by atoms with Crippen LogP contribution < -0.4 is 5.32 Å². The van der Waals surface area contributed by atoms with Gasteiger partial charge in [0.15, 0.2) is 0 Å². The van der Waals surface area contributed by atoms with Gasteiger partial charge in [0.25, 0.3) is 0 Å². The SMILES string of the molecule is Cc1ccc(NCC2CCCCC2C)nn1. The van der Waals surface area contributed by atoms with Gasteiger partial charge in [-0.25, -0.2) is 0 Å². The number of hydrogen-bond donors (Lipinski definition) is 1. The minimum absolute atomic E-state index is 0.803. The summed E-state index contributed by atoms with van der Waals surface area (Å²) in [6.07, 6.45) is 5.53. The second-order valence-electron chi connectivity index (χ2n) is 4.96. The monoisotopic (exact) mass is 219 g/mol. The quantitative estimate of drug-likeness (QED) is 0.849. The molecule has 0 aromatic carbocycles. The van der Waals surface area contributed by atoms with E-state index in [0.29, 0.717) is 0 Å². The van der Waals surface area contributed by atoms with E-state index in [1.807, 2.05) is 19.1 Å². The van der Waals surface area contributed by atoms with Crippen molar-refractivity contribution in [3.8, 4) is 0 Å². The van der Waals surface area contributed by atoms with E-state index >= 15 is 0 Å². The molecule has 88 valence electrons. The highest BCUT2D eigenvalue weighted by molar-refractivity contribution is 5.32. The second kappa shape index (κ2) is 5.28. The van der Waals surface area contributed by atoms with Crippen LogP contribution in [0.2, 0.25) is 0 Å². The molecule has 2 unspecified atom stereocenters. The fraction of sp³-hybridized carbons (Fsp3) is 0.692. The van der Waals surface area contributed by atoms with Crippen molar-refractivity contribution in [2.24, 2.45) is 11.8 Å². The number of anilines is 1. The van der Waals surface area contributed by atoms with Crippen LogP contribution in [0.4, 0.5) is 5.82 Å². The molecule has 1 aromatic rings. The maximum Gasteiger partial charge on any atom is 0.148 e. The predicted octanol–water partition coefficient (Wildman–Crippen LogP) is 3.02. The molecular weight excluding hydrogens is 198 g/mol. The van der Waals surface area contributed by atoms with Gasteiger partial charge in [0, 0.05) is 6.54 Å². The Bertz CT molecular complexity index is 320. The number of rotatable bonds is 3. The summed E-state index contributed by atoms with van der Waals surface area (Å²) in [7, 11) is 0. The minimum atomic E-state index is 0.803. The van der Waals surface area contributed by atoms with Gasteiger partial charge in [-0.3, -0.25) is 0 Å². The maximum absolute atomic E-state index is 4.13. The van der Waals surface area contributed by atoms with Crippen LogP contribution in [-0.2, 0) is 0 Å². The highest BCUT2D eigenvalue weighted by Crippen LogP contribution is 2.29. The fourth-order valence-electron chi connectivity index (χ4n) is 2.43. The molecule has 3 nitrogen and oxygen atoms in total. The first-order valence-corrected chi connectivity index (χ1v) is 6.30. The Labute approximate surface area is 97.7 Å². The fourth-order valence-corrected chi connectivity index (χ4v) is 2.43. The van der Waals surface area contributed by atoms with Crippen molar-refractivity contribution in [3.05, 3.63) is 17.8 Å². The van der Waals surface area contributed by atoms with Gasteiger partial charge in [-0.1, -0.05) is 26.2 Å². The first-order valence-electron chi connectivity index (χ1n) is 6.30. The first-order chi connectivity index (χ1) is 7.75. The molecule has 0 bridgehead atoms. The zero-order chi connectivity index (χ0) is 11.4. The predicted molar refractivity (Wildman–Crippen MR) is 66.4 cm³/mol. The molecular formula is C13H21N3. The van der Waals surface area contributed by atoms with Crippen molar-refractivity contribution in [2.45, 2.75) is 39.5 Å². The average molecular weight is 219 g/mol. The van der Waals surface area contributed by atoms with Crippen molar-refractivity contribution in [1.29, 1.82) is 0 Å². The van der Waals surface area contributed by atoms with Gasteiger partial charge in [0.2, 0.25) is 0 Å². The first kappa shape index (κ1) is 11.4. The van der Waals surface area contributed by atoms with Gasteiger partial charge < -0.3 is 5.32 Å². The van der Waals surface area contributed by atoms with E-state index in [-0.39, 0.29) is 0 Å². The van der Waals surface area contributed by atoms with Crippen molar-refractivity contribution >= 4 is 5.82 Å². The van der Waals surface area contributed by atoms with Gasteiger partial charge in [-0.05, 0) is 37.3 Å². The van der Waals surface area contributed by atoms with Gasteiger partial charge in [-0.15, -0.1) is 5.10 Å². The van der Waals surface area contributed by atoms with Crippen molar-refractivity contribution in [2.75, 3.05) is 11.9 Å². The van der Waals surface area contributed by atoms with E-state index in [2.05, 4.69) is 22.4 Å². The molecule has 1 N–H and O–H groups in total. The Morgan fingerprint density at radius 3 is 2.75 bits per heavy atom. The molecule has 2 atom stereocenters. The van der Waals surface area contributed by atoms with Crippen molar-refractivity contribution in [3.63, 3.8) is 0 Å². The Balaban J connectivity index is 1.84. The lowest BCUT2D eigenvalue weighted by atomic mass is 9.80. The molecule has 1 aliphatic carbocycles. The van der Waals surface area contributed by atoms with Gasteiger partial charge in [0.1, 0.15) is 5.82 Å². The summed E-state index contributed by atoms with van der Waals surface area (Å²) in [6.45, 7) is 5.37. The number of aryl methyl sites for hydroxylation is 1. The van der Waals surface area contributed by atoms with Gasteiger partial charge in [0.05, 0.1) is 5.69 Å². The minimum Gasteiger partial charge on any atom is -0.368 e. The van der Waals surface area contributed by atoms with Crippen LogP contribution in [0.15, 0.2) is 12.1 Å². The van der Waals surface area contributed by atoms with Crippen LogP contribution in [0.25, 0.3) is 0 Å². The van der Waals surface area contributed by atoms with E-state index in [4.69, 9.17) is 0 Å². The van der Waals surface area contributed by atoms with Crippen molar-refractivity contribution in [1.82, 2.24) is 10.2 Å². The highest BCUT2D eigenvalue weighted by atomic mass is 15.2. The smallest absolute Gasteiger partial charge is 0.148 e. The molecule has 0 amide bonds. The number of hydrogen-bond acceptors (Lipinski definition) is 3. The normalized spacial score (nSPS) is 25.4. The van der Waals surface area contributed by atoms with E-state index in [0.717, 1.165) is 29.9 Å². The molecule has 1 aliphatic rings. The Hall–Kier alpha value is -1.12. The lowest BCUT2D eigenvalue weighted by molar-refractivity contribution is 0.268. The van der Waals surface area contributed by atoms with E-state index < -0.39 is 0 Å². The summed E-state index contributed by atoms with van der Waals surface area (Å²) < 4.78 is 0. The zero-order valence-electron chi connectivity index (χ0n) is 10.2. The summed E-state index contributed by atoms with van der Waals surface area (Å²) in [5.41, 5.74) is 0.969. The average Bonchev–Trinajstić information content (AvgIpc) is 2.30. The summed E-state index contributed by atoms with van der Waals surface area (Å²) in [6, 6.07) is 4.01. The number of nitrogens with zero attached hydrogens (tertiary/aromatic N) is 2. The van der Waals surface area contributed by atoms with Crippen LogP contribution in [0.1, 0.15) is 38.3 Å². The van der Waals surface area contributed by atoms with Crippen LogP contribution in [0.5, 0.6) is 0 Å². The summed E-state index contributed by atoms with van der Waals surface area (Å²) in [5, 5.41) is 11.6. The van der Waals surface area contributed by atoms with Crippen LogP contribution in [0, 0.1) is 18.8 Å². The lowest BCUT2D eigenvalue weighted by Crippen LogP contribution is -2.24. The topological polar surface area (TPSA) is 37.8 Å². The summed E-state index contributed by atoms with van der Waals surface area (Å²) in [4.78, 5) is 0.